The SMILES string of the molecule is NC(CC1CCOCC1)c1ccc(Br)c(F)c1. The third-order valence-corrected chi connectivity index (χ3v) is 3.94. The quantitative estimate of drug-likeness (QED) is 0.928. The first kappa shape index (κ1) is 13.0. The minimum atomic E-state index is -0.245. The van der Waals surface area contributed by atoms with E-state index < -0.39 is 0 Å². The van der Waals surface area contributed by atoms with Gasteiger partial charge in [0.05, 0.1) is 4.47 Å². The molecule has 1 fully saturated rings. The Morgan fingerprint density at radius 1 is 1.41 bits per heavy atom. The Kier molecular flexibility index (Phi) is 4.54. The summed E-state index contributed by atoms with van der Waals surface area (Å²) in [5, 5.41) is 0. The zero-order chi connectivity index (χ0) is 12.3. The van der Waals surface area contributed by atoms with Gasteiger partial charge in [-0.25, -0.2) is 4.39 Å². The van der Waals surface area contributed by atoms with Crippen molar-refractivity contribution in [1.29, 1.82) is 0 Å². The highest BCUT2D eigenvalue weighted by molar-refractivity contribution is 9.10. The molecule has 0 amide bonds. The molecule has 0 spiro atoms. The lowest BCUT2D eigenvalue weighted by Gasteiger charge is -2.25. The van der Waals surface area contributed by atoms with Crippen LogP contribution in [0.5, 0.6) is 0 Å². The van der Waals surface area contributed by atoms with Gasteiger partial charge in [0, 0.05) is 19.3 Å². The average Bonchev–Trinajstić information content (AvgIpc) is 2.34. The van der Waals surface area contributed by atoms with Crippen LogP contribution in [0.25, 0.3) is 0 Å². The number of nitrogens with two attached hydrogens (primary N) is 1. The van der Waals surface area contributed by atoms with Gasteiger partial charge in [0.1, 0.15) is 5.82 Å². The number of halogens is 2. The third-order valence-electron chi connectivity index (χ3n) is 3.30. The van der Waals surface area contributed by atoms with E-state index in [1.165, 1.54) is 6.07 Å². The van der Waals surface area contributed by atoms with Crippen LogP contribution in [0.4, 0.5) is 4.39 Å². The summed E-state index contributed by atoms with van der Waals surface area (Å²) in [5.74, 6) is 0.357. The third kappa shape index (κ3) is 3.50. The van der Waals surface area contributed by atoms with Crippen LogP contribution < -0.4 is 5.73 Å². The van der Waals surface area contributed by atoms with Crippen molar-refractivity contribution >= 4 is 15.9 Å². The molecule has 0 bridgehead atoms. The first-order valence-electron chi connectivity index (χ1n) is 5.95. The highest BCUT2D eigenvalue weighted by Gasteiger charge is 2.18. The van der Waals surface area contributed by atoms with E-state index >= 15 is 0 Å². The summed E-state index contributed by atoms with van der Waals surface area (Å²) in [5.41, 5.74) is 6.99. The number of rotatable bonds is 3. The molecule has 2 rings (SSSR count). The summed E-state index contributed by atoms with van der Waals surface area (Å²) >= 11 is 3.14. The molecule has 0 aromatic heterocycles. The van der Waals surface area contributed by atoms with E-state index in [-0.39, 0.29) is 11.9 Å². The molecule has 1 aromatic rings. The van der Waals surface area contributed by atoms with Crippen molar-refractivity contribution in [2.75, 3.05) is 13.2 Å². The van der Waals surface area contributed by atoms with Gasteiger partial charge >= 0.3 is 0 Å². The minimum absolute atomic E-state index is 0.0827. The van der Waals surface area contributed by atoms with Gasteiger partial charge in [-0.1, -0.05) is 6.07 Å². The van der Waals surface area contributed by atoms with E-state index in [2.05, 4.69) is 15.9 Å². The van der Waals surface area contributed by atoms with Crippen molar-refractivity contribution < 1.29 is 9.13 Å². The van der Waals surface area contributed by atoms with Gasteiger partial charge in [0.15, 0.2) is 0 Å². The number of ether oxygens (including phenoxy) is 1. The molecule has 4 heteroatoms. The lowest BCUT2D eigenvalue weighted by atomic mass is 9.90. The standard InChI is InChI=1S/C13H17BrFNO/c14-11-2-1-10(8-12(11)15)13(16)7-9-3-5-17-6-4-9/h1-2,8-9,13H,3-7,16H2. The predicted molar refractivity (Wildman–Crippen MR) is 69.2 cm³/mol. The molecule has 1 heterocycles. The van der Waals surface area contributed by atoms with Crippen molar-refractivity contribution in [1.82, 2.24) is 0 Å². The Morgan fingerprint density at radius 3 is 2.76 bits per heavy atom. The van der Waals surface area contributed by atoms with Gasteiger partial charge in [-0.2, -0.15) is 0 Å². The zero-order valence-corrected chi connectivity index (χ0v) is 11.2. The maximum Gasteiger partial charge on any atom is 0.137 e. The van der Waals surface area contributed by atoms with Crippen molar-refractivity contribution in [3.8, 4) is 0 Å². The van der Waals surface area contributed by atoms with Gasteiger partial charge < -0.3 is 10.5 Å². The van der Waals surface area contributed by atoms with E-state index in [9.17, 15) is 4.39 Å². The summed E-state index contributed by atoms with van der Waals surface area (Å²) in [4.78, 5) is 0. The van der Waals surface area contributed by atoms with E-state index in [0.717, 1.165) is 38.0 Å². The predicted octanol–water partition coefficient (Wildman–Crippen LogP) is 3.40. The minimum Gasteiger partial charge on any atom is -0.381 e. The Hall–Kier alpha value is -0.450. The van der Waals surface area contributed by atoms with Gasteiger partial charge in [-0.05, 0) is 58.8 Å². The molecular formula is C13H17BrFNO. The van der Waals surface area contributed by atoms with E-state index in [1.807, 2.05) is 6.07 Å². The Bertz CT molecular complexity index is 380. The summed E-state index contributed by atoms with van der Waals surface area (Å²) in [6.45, 7) is 1.65. The molecule has 1 aromatic carbocycles. The molecule has 1 atom stereocenters. The first-order valence-corrected chi connectivity index (χ1v) is 6.74. The summed E-state index contributed by atoms with van der Waals surface area (Å²) in [7, 11) is 0. The molecular weight excluding hydrogens is 285 g/mol. The van der Waals surface area contributed by atoms with Crippen LogP contribution in [0.15, 0.2) is 22.7 Å². The molecule has 1 saturated heterocycles. The Balaban J connectivity index is 1.98. The van der Waals surface area contributed by atoms with E-state index in [1.54, 1.807) is 6.07 Å². The van der Waals surface area contributed by atoms with Gasteiger partial charge in [-0.3, -0.25) is 0 Å². The topological polar surface area (TPSA) is 35.2 Å². The molecule has 0 radical (unpaired) electrons. The first-order chi connectivity index (χ1) is 8.16. The number of benzene rings is 1. The van der Waals surface area contributed by atoms with Crippen LogP contribution in [-0.4, -0.2) is 13.2 Å². The fourth-order valence-corrected chi connectivity index (χ4v) is 2.47. The summed E-state index contributed by atoms with van der Waals surface area (Å²) < 4.78 is 19.2. The van der Waals surface area contributed by atoms with Crippen LogP contribution in [0.2, 0.25) is 0 Å². The maximum atomic E-state index is 13.4. The van der Waals surface area contributed by atoms with Crippen LogP contribution in [0.3, 0.4) is 0 Å². The molecule has 17 heavy (non-hydrogen) atoms. The summed E-state index contributed by atoms with van der Waals surface area (Å²) in [6, 6.07) is 5.04. The summed E-state index contributed by atoms with van der Waals surface area (Å²) in [6.07, 6.45) is 3.03. The molecule has 0 saturated carbocycles. The van der Waals surface area contributed by atoms with Crippen molar-refractivity contribution in [2.45, 2.75) is 25.3 Å². The smallest absolute Gasteiger partial charge is 0.137 e. The second-order valence-electron chi connectivity index (χ2n) is 4.57. The average molecular weight is 302 g/mol. The Labute approximate surface area is 109 Å². The molecule has 1 unspecified atom stereocenters. The fraction of sp³-hybridized carbons (Fsp3) is 0.538. The second-order valence-corrected chi connectivity index (χ2v) is 5.43. The molecule has 1 aliphatic heterocycles. The van der Waals surface area contributed by atoms with Crippen LogP contribution in [-0.2, 0) is 4.74 Å². The lowest BCUT2D eigenvalue weighted by molar-refractivity contribution is 0.0618. The zero-order valence-electron chi connectivity index (χ0n) is 9.66. The van der Waals surface area contributed by atoms with Crippen LogP contribution in [0.1, 0.15) is 30.9 Å². The number of hydrogen-bond acceptors (Lipinski definition) is 2. The lowest BCUT2D eigenvalue weighted by Crippen LogP contribution is -2.21. The van der Waals surface area contributed by atoms with Crippen molar-refractivity contribution in [2.24, 2.45) is 11.7 Å². The second kappa shape index (κ2) is 5.94. The van der Waals surface area contributed by atoms with E-state index in [4.69, 9.17) is 10.5 Å². The van der Waals surface area contributed by atoms with Gasteiger partial charge in [-0.15, -0.1) is 0 Å². The largest absolute Gasteiger partial charge is 0.381 e. The molecule has 2 N–H and O–H groups in total. The molecule has 0 aliphatic carbocycles. The molecule has 1 aliphatic rings. The monoisotopic (exact) mass is 301 g/mol. The molecule has 2 nitrogen and oxygen atoms in total. The van der Waals surface area contributed by atoms with Crippen LogP contribution in [0, 0.1) is 11.7 Å². The van der Waals surface area contributed by atoms with Gasteiger partial charge in [0.2, 0.25) is 0 Å². The highest BCUT2D eigenvalue weighted by Crippen LogP contribution is 2.27. The van der Waals surface area contributed by atoms with Gasteiger partial charge in [0.25, 0.3) is 0 Å². The normalized spacial score (nSPS) is 19.2. The number of hydrogen-bond donors (Lipinski definition) is 1. The highest BCUT2D eigenvalue weighted by atomic mass is 79.9. The van der Waals surface area contributed by atoms with Crippen molar-refractivity contribution in [3.63, 3.8) is 0 Å². The van der Waals surface area contributed by atoms with Crippen molar-refractivity contribution in [3.05, 3.63) is 34.1 Å². The fourth-order valence-electron chi connectivity index (χ4n) is 2.22. The van der Waals surface area contributed by atoms with E-state index in [0.29, 0.717) is 10.4 Å². The Morgan fingerprint density at radius 2 is 2.12 bits per heavy atom. The molecule has 94 valence electrons. The maximum absolute atomic E-state index is 13.4. The van der Waals surface area contributed by atoms with Crippen LogP contribution >= 0.6 is 15.9 Å².